The Morgan fingerprint density at radius 1 is 1.23 bits per heavy atom. The van der Waals surface area contributed by atoms with Gasteiger partial charge in [-0.2, -0.15) is 0 Å². The Kier molecular flexibility index (Phi) is 10.9. The van der Waals surface area contributed by atoms with Gasteiger partial charge in [0.15, 0.2) is 0 Å². The number of aryl methyl sites for hydroxylation is 1. The van der Waals surface area contributed by atoms with E-state index < -0.39 is 6.09 Å². The monoisotopic (exact) mass is 508 g/mol. The topological polar surface area (TPSA) is 103 Å². The summed E-state index contributed by atoms with van der Waals surface area (Å²) in [7, 11) is 1.93. The molecule has 1 saturated carbocycles. The van der Waals surface area contributed by atoms with Gasteiger partial charge in [0.2, 0.25) is 0 Å². The fourth-order valence-electron chi connectivity index (χ4n) is 5.54. The highest BCUT2D eigenvalue weighted by Crippen LogP contribution is 2.36. The van der Waals surface area contributed by atoms with Crippen molar-refractivity contribution in [3.05, 3.63) is 34.3 Å². The van der Waals surface area contributed by atoms with Crippen LogP contribution in [0.2, 0.25) is 5.02 Å². The van der Waals surface area contributed by atoms with Crippen LogP contribution >= 0.6 is 11.6 Å². The molecule has 1 aromatic rings. The second-order valence-electron chi connectivity index (χ2n) is 9.96. The van der Waals surface area contributed by atoms with Gasteiger partial charge in [0, 0.05) is 43.2 Å². The van der Waals surface area contributed by atoms with Crippen LogP contribution in [-0.2, 0) is 4.74 Å². The lowest BCUT2D eigenvalue weighted by atomic mass is 9.86. The first-order valence-corrected chi connectivity index (χ1v) is 13.3. The van der Waals surface area contributed by atoms with Crippen LogP contribution in [0.1, 0.15) is 62.2 Å². The first-order chi connectivity index (χ1) is 16.9. The molecule has 0 aromatic heterocycles. The van der Waals surface area contributed by atoms with E-state index in [9.17, 15) is 9.59 Å². The number of carbonyl (C=O) groups is 2. The number of carbonyl (C=O) groups excluding carboxylic acids is 1. The molecule has 1 saturated heterocycles. The number of ether oxygens (including phenoxy) is 1. The van der Waals surface area contributed by atoms with Crippen molar-refractivity contribution in [2.75, 3.05) is 39.8 Å². The van der Waals surface area contributed by atoms with Crippen molar-refractivity contribution in [1.82, 2.24) is 20.9 Å². The van der Waals surface area contributed by atoms with E-state index in [1.807, 2.05) is 37.1 Å². The SMILES string of the molecule is CNCC(CC1CCCC1)NC(=O)N1CCCC(C(OCCNC(=O)O)c2cc(Cl)ccc2C)C1. The molecule has 0 spiro atoms. The Balaban J connectivity index is 1.67. The highest BCUT2D eigenvalue weighted by molar-refractivity contribution is 6.30. The Hall–Kier alpha value is -2.03. The molecule has 1 heterocycles. The fourth-order valence-corrected chi connectivity index (χ4v) is 5.72. The molecule has 0 radical (unpaired) electrons. The maximum absolute atomic E-state index is 13.3. The molecule has 3 amide bonds. The molecule has 2 fully saturated rings. The van der Waals surface area contributed by atoms with Crippen molar-refractivity contribution in [3.63, 3.8) is 0 Å². The number of likely N-dealkylation sites (tertiary alicyclic amines) is 1. The van der Waals surface area contributed by atoms with Gasteiger partial charge < -0.3 is 30.7 Å². The number of carboxylic acid groups (broad SMARTS) is 1. The summed E-state index contributed by atoms with van der Waals surface area (Å²) in [5, 5.41) is 18.4. The number of rotatable bonds is 11. The maximum atomic E-state index is 13.3. The van der Waals surface area contributed by atoms with E-state index in [0.717, 1.165) is 43.5 Å². The summed E-state index contributed by atoms with van der Waals surface area (Å²) >= 11 is 6.31. The van der Waals surface area contributed by atoms with Crippen LogP contribution in [0.4, 0.5) is 9.59 Å². The Morgan fingerprint density at radius 3 is 2.71 bits per heavy atom. The summed E-state index contributed by atoms with van der Waals surface area (Å²) in [4.78, 5) is 26.0. The lowest BCUT2D eigenvalue weighted by Gasteiger charge is -2.38. The van der Waals surface area contributed by atoms with Gasteiger partial charge in [0.1, 0.15) is 0 Å². The average molecular weight is 509 g/mol. The smallest absolute Gasteiger partial charge is 0.404 e. The molecular weight excluding hydrogens is 468 g/mol. The van der Waals surface area contributed by atoms with E-state index >= 15 is 0 Å². The number of urea groups is 1. The van der Waals surface area contributed by atoms with E-state index in [1.165, 1.54) is 25.7 Å². The van der Waals surface area contributed by atoms with Crippen LogP contribution in [0.3, 0.4) is 0 Å². The summed E-state index contributed by atoms with van der Waals surface area (Å²) in [5.74, 6) is 0.792. The minimum Gasteiger partial charge on any atom is -0.465 e. The molecule has 0 bridgehead atoms. The standard InChI is InChI=1S/C26H41ClN4O4/c1-18-9-10-21(27)15-23(18)24(35-13-11-29-26(33)34)20-8-5-12-31(17-20)25(32)30-22(16-28-2)14-19-6-3-4-7-19/h9-10,15,19-20,22,24,28-29H,3-8,11-14,16-17H2,1-2H3,(H,30,32)(H,33,34). The van der Waals surface area contributed by atoms with Crippen molar-refractivity contribution in [2.45, 2.75) is 64.0 Å². The fraction of sp³-hybridized carbons (Fsp3) is 0.692. The zero-order valence-corrected chi connectivity index (χ0v) is 21.8. The lowest BCUT2D eigenvalue weighted by Crippen LogP contribution is -2.51. The summed E-state index contributed by atoms with van der Waals surface area (Å²) in [6.45, 7) is 4.55. The van der Waals surface area contributed by atoms with Gasteiger partial charge in [-0.1, -0.05) is 43.4 Å². The molecule has 1 aromatic carbocycles. The third-order valence-corrected chi connectivity index (χ3v) is 7.50. The van der Waals surface area contributed by atoms with Crippen molar-refractivity contribution in [1.29, 1.82) is 0 Å². The zero-order valence-electron chi connectivity index (χ0n) is 21.0. The quantitative estimate of drug-likeness (QED) is 0.328. The zero-order chi connectivity index (χ0) is 25.2. The third kappa shape index (κ3) is 8.54. The predicted molar refractivity (Wildman–Crippen MR) is 138 cm³/mol. The van der Waals surface area contributed by atoms with E-state index in [-0.39, 0.29) is 37.2 Å². The molecule has 3 rings (SSSR count). The molecule has 196 valence electrons. The maximum Gasteiger partial charge on any atom is 0.404 e. The van der Waals surface area contributed by atoms with E-state index in [2.05, 4.69) is 16.0 Å². The van der Waals surface area contributed by atoms with Gasteiger partial charge in [-0.25, -0.2) is 9.59 Å². The highest BCUT2D eigenvalue weighted by atomic mass is 35.5. The van der Waals surface area contributed by atoms with Crippen molar-refractivity contribution in [3.8, 4) is 0 Å². The van der Waals surface area contributed by atoms with Gasteiger partial charge in [-0.15, -0.1) is 0 Å². The minimum atomic E-state index is -1.07. The Labute approximate surface area is 214 Å². The van der Waals surface area contributed by atoms with Gasteiger partial charge in [0.05, 0.1) is 12.7 Å². The van der Waals surface area contributed by atoms with Gasteiger partial charge in [-0.3, -0.25) is 0 Å². The number of benzene rings is 1. The number of nitrogens with one attached hydrogen (secondary N) is 3. The van der Waals surface area contributed by atoms with Crippen LogP contribution in [-0.4, -0.2) is 68.0 Å². The molecule has 1 aliphatic carbocycles. The summed E-state index contributed by atoms with van der Waals surface area (Å²) in [6.07, 6.45) is 6.61. The summed E-state index contributed by atoms with van der Waals surface area (Å²) in [6, 6.07) is 5.87. The molecular formula is C26H41ClN4O4. The second kappa shape index (κ2) is 13.9. The normalized spacial score (nSPS) is 20.4. The van der Waals surface area contributed by atoms with E-state index in [4.69, 9.17) is 21.4 Å². The van der Waals surface area contributed by atoms with Crippen molar-refractivity contribution in [2.24, 2.45) is 11.8 Å². The molecule has 9 heteroatoms. The third-order valence-electron chi connectivity index (χ3n) is 7.27. The van der Waals surface area contributed by atoms with Crippen LogP contribution in [0, 0.1) is 18.8 Å². The number of hydrogen-bond acceptors (Lipinski definition) is 4. The van der Waals surface area contributed by atoms with Crippen LogP contribution in [0.25, 0.3) is 0 Å². The first kappa shape index (κ1) is 27.6. The van der Waals surface area contributed by atoms with E-state index in [1.54, 1.807) is 0 Å². The molecule has 1 aliphatic heterocycles. The van der Waals surface area contributed by atoms with E-state index in [0.29, 0.717) is 17.5 Å². The van der Waals surface area contributed by atoms with Crippen molar-refractivity contribution >= 4 is 23.7 Å². The number of nitrogens with zero attached hydrogens (tertiary/aromatic N) is 1. The van der Waals surface area contributed by atoms with Crippen molar-refractivity contribution < 1.29 is 19.4 Å². The Morgan fingerprint density at radius 2 is 2.00 bits per heavy atom. The minimum absolute atomic E-state index is 0.0120. The number of piperidine rings is 1. The van der Waals surface area contributed by atoms with Gasteiger partial charge in [0.25, 0.3) is 0 Å². The molecule has 8 nitrogen and oxygen atoms in total. The second-order valence-corrected chi connectivity index (χ2v) is 10.4. The average Bonchev–Trinajstić information content (AvgIpc) is 3.34. The number of hydrogen-bond donors (Lipinski definition) is 4. The predicted octanol–water partition coefficient (Wildman–Crippen LogP) is 4.56. The van der Waals surface area contributed by atoms with Gasteiger partial charge >= 0.3 is 12.1 Å². The highest BCUT2D eigenvalue weighted by Gasteiger charge is 2.33. The molecule has 3 atom stereocenters. The van der Waals surface area contributed by atoms with Crippen LogP contribution in [0.15, 0.2) is 18.2 Å². The van der Waals surface area contributed by atoms with Crippen LogP contribution < -0.4 is 16.0 Å². The summed E-state index contributed by atoms with van der Waals surface area (Å²) < 4.78 is 6.24. The molecule has 2 aliphatic rings. The molecule has 4 N–H and O–H groups in total. The molecule has 35 heavy (non-hydrogen) atoms. The van der Waals surface area contributed by atoms with Gasteiger partial charge in [-0.05, 0) is 62.4 Å². The number of likely N-dealkylation sites (N-methyl/N-ethyl adjacent to an activating group) is 1. The number of amides is 3. The Bertz CT molecular complexity index is 834. The lowest BCUT2D eigenvalue weighted by molar-refractivity contribution is -0.00884. The summed E-state index contributed by atoms with van der Waals surface area (Å²) in [5.41, 5.74) is 2.06. The first-order valence-electron chi connectivity index (χ1n) is 12.9. The number of halogens is 1. The molecule has 3 unspecified atom stereocenters. The largest absolute Gasteiger partial charge is 0.465 e. The van der Waals surface area contributed by atoms with Crippen LogP contribution in [0.5, 0.6) is 0 Å².